The van der Waals surface area contributed by atoms with Crippen LogP contribution in [0.2, 0.25) is 0 Å². The number of hydrogen-bond acceptors (Lipinski definition) is 2. The molecule has 0 aliphatic heterocycles. The van der Waals surface area contributed by atoms with Crippen LogP contribution in [0.25, 0.3) is 0 Å². The molecule has 0 N–H and O–H groups in total. The third kappa shape index (κ3) is 3.76. The molecule has 0 aromatic heterocycles. The van der Waals surface area contributed by atoms with Crippen molar-refractivity contribution in [1.29, 1.82) is 5.26 Å². The number of rotatable bonds is 3. The summed E-state index contributed by atoms with van der Waals surface area (Å²) in [7, 11) is 0. The zero-order valence-corrected chi connectivity index (χ0v) is 12.2. The number of nitriles is 1. The molecule has 0 saturated carbocycles. The van der Waals surface area contributed by atoms with Crippen molar-refractivity contribution in [2.75, 3.05) is 0 Å². The smallest absolute Gasteiger partial charge is 0.416 e. The Kier molecular flexibility index (Phi) is 4.53. The summed E-state index contributed by atoms with van der Waals surface area (Å²) in [4.78, 5) is 0. The molecule has 0 fully saturated rings. The SMILES string of the molecule is N#Cc1ccc(Oc2ccc(CBr)c(C(F)(F)F)c2)cc1. The average Bonchev–Trinajstić information content (AvgIpc) is 2.47. The monoisotopic (exact) mass is 355 g/mol. The Bertz CT molecular complexity index is 675. The van der Waals surface area contributed by atoms with E-state index >= 15 is 0 Å². The second kappa shape index (κ2) is 6.19. The molecular weight excluding hydrogens is 347 g/mol. The lowest BCUT2D eigenvalue weighted by atomic mass is 10.1. The van der Waals surface area contributed by atoms with E-state index in [9.17, 15) is 13.2 Å². The van der Waals surface area contributed by atoms with Crippen LogP contribution in [0.15, 0.2) is 42.5 Å². The maximum absolute atomic E-state index is 12.9. The molecule has 0 spiro atoms. The Hall–Kier alpha value is -2.00. The van der Waals surface area contributed by atoms with Crippen molar-refractivity contribution >= 4 is 15.9 Å². The van der Waals surface area contributed by atoms with Gasteiger partial charge in [0, 0.05) is 5.33 Å². The first-order valence-electron chi connectivity index (χ1n) is 5.88. The van der Waals surface area contributed by atoms with Crippen molar-refractivity contribution in [3.63, 3.8) is 0 Å². The summed E-state index contributed by atoms with van der Waals surface area (Å²) in [6.45, 7) is 0. The van der Waals surface area contributed by atoms with Gasteiger partial charge in [-0.3, -0.25) is 0 Å². The number of halogens is 4. The highest BCUT2D eigenvalue weighted by molar-refractivity contribution is 9.08. The van der Waals surface area contributed by atoms with E-state index in [1.165, 1.54) is 36.4 Å². The van der Waals surface area contributed by atoms with Crippen LogP contribution in [-0.4, -0.2) is 0 Å². The third-order valence-electron chi connectivity index (χ3n) is 2.75. The summed E-state index contributed by atoms with van der Waals surface area (Å²) in [6.07, 6.45) is -4.44. The molecule has 2 rings (SSSR count). The fourth-order valence-electron chi connectivity index (χ4n) is 1.73. The fourth-order valence-corrected chi connectivity index (χ4v) is 2.22. The molecule has 0 unspecified atom stereocenters. The van der Waals surface area contributed by atoms with Crippen LogP contribution in [0.3, 0.4) is 0 Å². The molecule has 2 nitrogen and oxygen atoms in total. The van der Waals surface area contributed by atoms with Crippen LogP contribution >= 0.6 is 15.9 Å². The molecule has 0 bridgehead atoms. The number of ether oxygens (including phenoxy) is 1. The normalized spacial score (nSPS) is 11.0. The van der Waals surface area contributed by atoms with E-state index in [0.717, 1.165) is 6.07 Å². The van der Waals surface area contributed by atoms with E-state index < -0.39 is 11.7 Å². The van der Waals surface area contributed by atoms with Crippen LogP contribution in [0.1, 0.15) is 16.7 Å². The van der Waals surface area contributed by atoms with Crippen LogP contribution in [0, 0.1) is 11.3 Å². The maximum Gasteiger partial charge on any atom is 0.416 e. The van der Waals surface area contributed by atoms with Gasteiger partial charge in [0.05, 0.1) is 17.2 Å². The summed E-state index contributed by atoms with van der Waals surface area (Å²) in [5, 5.41) is 8.79. The quantitative estimate of drug-likeness (QED) is 0.703. The average molecular weight is 356 g/mol. The fraction of sp³-hybridized carbons (Fsp3) is 0.133. The summed E-state index contributed by atoms with van der Waals surface area (Å²) in [5.74, 6) is 0.463. The zero-order valence-electron chi connectivity index (χ0n) is 10.6. The minimum Gasteiger partial charge on any atom is -0.457 e. The van der Waals surface area contributed by atoms with Gasteiger partial charge in [0.2, 0.25) is 0 Å². The number of nitrogens with zero attached hydrogens (tertiary/aromatic N) is 1. The van der Waals surface area contributed by atoms with Gasteiger partial charge >= 0.3 is 6.18 Å². The minimum absolute atomic E-state index is 0.0942. The van der Waals surface area contributed by atoms with Crippen molar-refractivity contribution in [3.8, 4) is 17.6 Å². The van der Waals surface area contributed by atoms with Gasteiger partial charge in [0.15, 0.2) is 0 Å². The molecule has 108 valence electrons. The Morgan fingerprint density at radius 1 is 1.05 bits per heavy atom. The van der Waals surface area contributed by atoms with Gasteiger partial charge in [-0.1, -0.05) is 22.0 Å². The van der Waals surface area contributed by atoms with Crippen LogP contribution in [0.4, 0.5) is 13.2 Å². The van der Waals surface area contributed by atoms with Gasteiger partial charge < -0.3 is 4.74 Å². The summed E-state index contributed by atoms with van der Waals surface area (Å²) < 4.78 is 44.2. The van der Waals surface area contributed by atoms with Crippen molar-refractivity contribution in [2.24, 2.45) is 0 Å². The minimum atomic E-state index is -4.44. The molecular formula is C15H9BrF3NO. The zero-order chi connectivity index (χ0) is 15.5. The first-order valence-corrected chi connectivity index (χ1v) is 7.00. The second-order valence-corrected chi connectivity index (χ2v) is 4.75. The van der Waals surface area contributed by atoms with Crippen molar-refractivity contribution in [2.45, 2.75) is 11.5 Å². The highest BCUT2D eigenvalue weighted by Crippen LogP contribution is 2.36. The van der Waals surface area contributed by atoms with Gasteiger partial charge in [-0.05, 0) is 42.0 Å². The maximum atomic E-state index is 12.9. The number of alkyl halides is 4. The second-order valence-electron chi connectivity index (χ2n) is 4.19. The predicted octanol–water partition coefficient (Wildman–Crippen LogP) is 5.26. The van der Waals surface area contributed by atoms with Crippen LogP contribution in [0.5, 0.6) is 11.5 Å². The molecule has 0 aliphatic carbocycles. The van der Waals surface area contributed by atoms with E-state index in [1.54, 1.807) is 0 Å². The lowest BCUT2D eigenvalue weighted by Gasteiger charge is -2.13. The van der Waals surface area contributed by atoms with Gasteiger partial charge in [-0.25, -0.2) is 0 Å². The van der Waals surface area contributed by atoms with Gasteiger partial charge in [-0.15, -0.1) is 0 Å². The molecule has 21 heavy (non-hydrogen) atoms. The lowest BCUT2D eigenvalue weighted by Crippen LogP contribution is -2.08. The Labute approximate surface area is 127 Å². The molecule has 0 saturated heterocycles. The largest absolute Gasteiger partial charge is 0.457 e. The van der Waals surface area contributed by atoms with E-state index in [0.29, 0.717) is 11.3 Å². The highest BCUT2D eigenvalue weighted by atomic mass is 79.9. The molecule has 0 atom stereocenters. The summed E-state index contributed by atoms with van der Waals surface area (Å²) >= 11 is 3.04. The Morgan fingerprint density at radius 2 is 1.67 bits per heavy atom. The first-order chi connectivity index (χ1) is 9.94. The molecule has 2 aromatic rings. The van der Waals surface area contributed by atoms with Crippen LogP contribution < -0.4 is 4.74 Å². The lowest BCUT2D eigenvalue weighted by molar-refractivity contribution is -0.138. The first kappa shape index (κ1) is 15.4. The van der Waals surface area contributed by atoms with Crippen LogP contribution in [-0.2, 0) is 11.5 Å². The van der Waals surface area contributed by atoms with Gasteiger partial charge in [-0.2, -0.15) is 18.4 Å². The molecule has 6 heteroatoms. The Balaban J connectivity index is 2.30. The highest BCUT2D eigenvalue weighted by Gasteiger charge is 2.33. The van der Waals surface area contributed by atoms with Crippen molar-refractivity contribution in [1.82, 2.24) is 0 Å². The van der Waals surface area contributed by atoms with E-state index in [-0.39, 0.29) is 16.6 Å². The topological polar surface area (TPSA) is 33.0 Å². The third-order valence-corrected chi connectivity index (χ3v) is 3.35. The number of benzene rings is 2. The predicted molar refractivity (Wildman–Crippen MR) is 75.3 cm³/mol. The van der Waals surface area contributed by atoms with Crippen molar-refractivity contribution < 1.29 is 17.9 Å². The molecule has 0 amide bonds. The van der Waals surface area contributed by atoms with Gasteiger partial charge in [0.1, 0.15) is 11.5 Å². The van der Waals surface area contributed by atoms with E-state index in [4.69, 9.17) is 10.00 Å². The van der Waals surface area contributed by atoms with Crippen molar-refractivity contribution in [3.05, 3.63) is 59.2 Å². The standard InChI is InChI=1S/C15H9BrF3NO/c16-8-11-3-6-13(7-14(11)15(17,18)19)21-12-4-1-10(9-20)2-5-12/h1-7H,8H2. The number of hydrogen-bond donors (Lipinski definition) is 0. The van der Waals surface area contributed by atoms with Gasteiger partial charge in [0.25, 0.3) is 0 Å². The summed E-state index contributed by atoms with van der Waals surface area (Å²) in [5.41, 5.74) is -0.131. The van der Waals surface area contributed by atoms with E-state index in [1.807, 2.05) is 6.07 Å². The molecule has 2 aromatic carbocycles. The Morgan fingerprint density at radius 3 is 2.19 bits per heavy atom. The molecule has 0 radical (unpaired) electrons. The van der Waals surface area contributed by atoms with E-state index in [2.05, 4.69) is 15.9 Å². The molecule has 0 heterocycles. The molecule has 0 aliphatic rings. The summed E-state index contributed by atoms with van der Waals surface area (Å²) in [6, 6.07) is 11.9.